The first kappa shape index (κ1) is 15.2. The second-order valence-corrected chi connectivity index (χ2v) is 4.60. The number of nitrogens with two attached hydrogens (primary N) is 1. The summed E-state index contributed by atoms with van der Waals surface area (Å²) in [5, 5.41) is 0. The van der Waals surface area contributed by atoms with E-state index in [0.29, 0.717) is 10.7 Å². The fourth-order valence-electron chi connectivity index (χ4n) is 1.60. The lowest BCUT2D eigenvalue weighted by Crippen LogP contribution is -2.10. The zero-order valence-electron chi connectivity index (χ0n) is 11.0. The van der Waals surface area contributed by atoms with Crippen LogP contribution in [0.1, 0.15) is 5.56 Å². The second kappa shape index (κ2) is 6.99. The Balaban J connectivity index is 1.79. The van der Waals surface area contributed by atoms with E-state index in [1.165, 1.54) is 6.07 Å². The third-order valence-electron chi connectivity index (χ3n) is 2.65. The molecular formula is C15H13F2NO2S. The number of ether oxygens (including phenoxy) is 2. The van der Waals surface area contributed by atoms with Gasteiger partial charge in [0.2, 0.25) is 0 Å². The molecule has 0 aromatic heterocycles. The summed E-state index contributed by atoms with van der Waals surface area (Å²) in [4.78, 5) is 0.322. The van der Waals surface area contributed by atoms with E-state index >= 15 is 0 Å². The van der Waals surface area contributed by atoms with Crippen LogP contribution in [-0.4, -0.2) is 18.2 Å². The predicted octanol–water partition coefficient (Wildman–Crippen LogP) is 3.06. The van der Waals surface area contributed by atoms with Gasteiger partial charge in [0.25, 0.3) is 0 Å². The predicted molar refractivity (Wildman–Crippen MR) is 79.7 cm³/mol. The van der Waals surface area contributed by atoms with Crippen molar-refractivity contribution in [2.24, 2.45) is 5.73 Å². The molecule has 0 spiro atoms. The Hall–Kier alpha value is -2.21. The van der Waals surface area contributed by atoms with Gasteiger partial charge in [-0.3, -0.25) is 0 Å². The van der Waals surface area contributed by atoms with Gasteiger partial charge >= 0.3 is 0 Å². The van der Waals surface area contributed by atoms with Crippen LogP contribution in [0, 0.1) is 11.6 Å². The number of benzene rings is 2. The number of hydrogen-bond acceptors (Lipinski definition) is 3. The molecule has 0 saturated carbocycles. The van der Waals surface area contributed by atoms with Crippen LogP contribution in [0.3, 0.4) is 0 Å². The van der Waals surface area contributed by atoms with E-state index in [1.807, 2.05) is 0 Å². The molecule has 0 atom stereocenters. The monoisotopic (exact) mass is 309 g/mol. The molecule has 0 bridgehead atoms. The lowest BCUT2D eigenvalue weighted by molar-refractivity contribution is 0.216. The van der Waals surface area contributed by atoms with Crippen molar-refractivity contribution in [1.29, 1.82) is 0 Å². The van der Waals surface area contributed by atoms with Gasteiger partial charge in [-0.15, -0.1) is 0 Å². The Labute approximate surface area is 126 Å². The molecule has 0 aliphatic rings. The van der Waals surface area contributed by atoms with Crippen LogP contribution in [0.25, 0.3) is 0 Å². The van der Waals surface area contributed by atoms with Gasteiger partial charge in [0.05, 0.1) is 0 Å². The number of rotatable bonds is 6. The van der Waals surface area contributed by atoms with Gasteiger partial charge in [-0.1, -0.05) is 12.2 Å². The SMILES string of the molecule is NC(=S)c1ccc(OCCOc2ccc(F)c(F)c2)cc1. The van der Waals surface area contributed by atoms with Crippen molar-refractivity contribution in [3.63, 3.8) is 0 Å². The second-order valence-electron chi connectivity index (χ2n) is 4.16. The van der Waals surface area contributed by atoms with Crippen LogP contribution in [-0.2, 0) is 0 Å². The molecule has 0 fully saturated rings. The number of hydrogen-bond donors (Lipinski definition) is 1. The highest BCUT2D eigenvalue weighted by atomic mass is 32.1. The summed E-state index contributed by atoms with van der Waals surface area (Å²) >= 11 is 4.84. The van der Waals surface area contributed by atoms with Crippen LogP contribution in [0.2, 0.25) is 0 Å². The first-order valence-corrected chi connectivity index (χ1v) is 6.57. The van der Waals surface area contributed by atoms with Crippen molar-refractivity contribution < 1.29 is 18.3 Å². The van der Waals surface area contributed by atoms with Crippen LogP contribution >= 0.6 is 12.2 Å². The fraction of sp³-hybridized carbons (Fsp3) is 0.133. The minimum Gasteiger partial charge on any atom is -0.490 e. The fourth-order valence-corrected chi connectivity index (χ4v) is 1.74. The topological polar surface area (TPSA) is 44.5 Å². The van der Waals surface area contributed by atoms with Crippen LogP contribution in [0.4, 0.5) is 8.78 Å². The smallest absolute Gasteiger partial charge is 0.162 e. The Morgan fingerprint density at radius 2 is 1.48 bits per heavy atom. The van der Waals surface area contributed by atoms with Crippen molar-refractivity contribution >= 4 is 17.2 Å². The summed E-state index contributed by atoms with van der Waals surface area (Å²) in [5.74, 6) is -0.955. The zero-order valence-corrected chi connectivity index (χ0v) is 11.8. The maximum atomic E-state index is 12.9. The molecule has 3 nitrogen and oxygen atoms in total. The van der Waals surface area contributed by atoms with E-state index in [4.69, 9.17) is 27.4 Å². The van der Waals surface area contributed by atoms with Crippen molar-refractivity contribution in [1.82, 2.24) is 0 Å². The van der Waals surface area contributed by atoms with E-state index in [1.54, 1.807) is 24.3 Å². The molecule has 2 rings (SSSR count). The normalized spacial score (nSPS) is 10.2. The number of halogens is 2. The molecule has 2 N–H and O–H groups in total. The Morgan fingerprint density at radius 3 is 2.05 bits per heavy atom. The van der Waals surface area contributed by atoms with Gasteiger partial charge in [0.1, 0.15) is 29.7 Å². The highest BCUT2D eigenvalue weighted by Crippen LogP contribution is 2.16. The van der Waals surface area contributed by atoms with Gasteiger partial charge in [-0.05, 0) is 36.4 Å². The molecule has 0 heterocycles. The van der Waals surface area contributed by atoms with Gasteiger partial charge < -0.3 is 15.2 Å². The van der Waals surface area contributed by atoms with Gasteiger partial charge in [-0.25, -0.2) is 8.78 Å². The van der Waals surface area contributed by atoms with E-state index < -0.39 is 11.6 Å². The lowest BCUT2D eigenvalue weighted by Gasteiger charge is -2.09. The molecule has 0 aliphatic heterocycles. The first-order chi connectivity index (χ1) is 10.1. The third kappa shape index (κ3) is 4.39. The van der Waals surface area contributed by atoms with Gasteiger partial charge in [-0.2, -0.15) is 0 Å². The van der Waals surface area contributed by atoms with Gasteiger partial charge in [0, 0.05) is 11.6 Å². The number of thiocarbonyl (C=S) groups is 1. The molecule has 110 valence electrons. The highest BCUT2D eigenvalue weighted by molar-refractivity contribution is 7.80. The Bertz CT molecular complexity index is 632. The summed E-state index contributed by atoms with van der Waals surface area (Å²) in [7, 11) is 0. The van der Waals surface area contributed by atoms with Crippen molar-refractivity contribution in [3.05, 3.63) is 59.7 Å². The average molecular weight is 309 g/mol. The summed E-state index contributed by atoms with van der Waals surface area (Å²) < 4.78 is 36.4. The minimum absolute atomic E-state index is 0.210. The lowest BCUT2D eigenvalue weighted by atomic mass is 10.2. The van der Waals surface area contributed by atoms with Crippen molar-refractivity contribution in [2.45, 2.75) is 0 Å². The average Bonchev–Trinajstić information content (AvgIpc) is 2.47. The van der Waals surface area contributed by atoms with Crippen molar-refractivity contribution in [2.75, 3.05) is 13.2 Å². The van der Waals surface area contributed by atoms with E-state index in [9.17, 15) is 8.78 Å². The molecule has 0 radical (unpaired) electrons. The Kier molecular flexibility index (Phi) is 5.05. The summed E-state index contributed by atoms with van der Waals surface area (Å²) in [6, 6.07) is 10.4. The maximum Gasteiger partial charge on any atom is 0.162 e. The highest BCUT2D eigenvalue weighted by Gasteiger charge is 2.03. The standard InChI is InChI=1S/C15H13F2NO2S/c16-13-6-5-12(9-14(13)17)20-8-7-19-11-3-1-10(2-4-11)15(18)21/h1-6,9H,7-8H2,(H2,18,21). The third-order valence-corrected chi connectivity index (χ3v) is 2.89. The van der Waals surface area contributed by atoms with Crippen molar-refractivity contribution in [3.8, 4) is 11.5 Å². The largest absolute Gasteiger partial charge is 0.490 e. The summed E-state index contributed by atoms with van der Waals surface area (Å²) in [5.41, 5.74) is 6.25. The van der Waals surface area contributed by atoms with Crippen LogP contribution < -0.4 is 15.2 Å². The van der Waals surface area contributed by atoms with Crippen LogP contribution in [0.5, 0.6) is 11.5 Å². The molecule has 2 aromatic rings. The first-order valence-electron chi connectivity index (χ1n) is 6.17. The molecule has 0 amide bonds. The quantitative estimate of drug-likeness (QED) is 0.658. The molecule has 6 heteroatoms. The molecular weight excluding hydrogens is 296 g/mol. The summed E-state index contributed by atoms with van der Waals surface area (Å²) in [6.45, 7) is 0.480. The van der Waals surface area contributed by atoms with E-state index in [0.717, 1.165) is 17.7 Å². The van der Waals surface area contributed by atoms with E-state index in [-0.39, 0.29) is 19.0 Å². The maximum absolute atomic E-state index is 12.9. The zero-order chi connectivity index (χ0) is 15.2. The molecule has 2 aromatic carbocycles. The van der Waals surface area contributed by atoms with Gasteiger partial charge in [0.15, 0.2) is 11.6 Å². The van der Waals surface area contributed by atoms with Crippen LogP contribution in [0.15, 0.2) is 42.5 Å². The molecule has 0 unspecified atom stereocenters. The molecule has 0 aliphatic carbocycles. The minimum atomic E-state index is -0.943. The van der Waals surface area contributed by atoms with E-state index in [2.05, 4.69) is 0 Å². The molecule has 21 heavy (non-hydrogen) atoms. The Morgan fingerprint density at radius 1 is 0.905 bits per heavy atom. The summed E-state index contributed by atoms with van der Waals surface area (Å²) in [6.07, 6.45) is 0. The molecule has 0 saturated heterocycles.